The molecule has 0 atom stereocenters. The molecule has 0 bridgehead atoms. The Morgan fingerprint density at radius 1 is 1.17 bits per heavy atom. The van der Waals surface area contributed by atoms with Gasteiger partial charge in [0.1, 0.15) is 18.1 Å². The average Bonchev–Trinajstić information content (AvgIpc) is 3.08. The summed E-state index contributed by atoms with van der Waals surface area (Å²) >= 11 is 0. The highest BCUT2D eigenvalue weighted by atomic mass is 32.2. The molecule has 0 aromatic heterocycles. The molecule has 0 aliphatic carbocycles. The van der Waals surface area contributed by atoms with Crippen molar-refractivity contribution in [1.82, 2.24) is 0 Å². The van der Waals surface area contributed by atoms with Crippen LogP contribution in [0.4, 0.5) is 21.9 Å². The second-order valence-electron chi connectivity index (χ2n) is 6.92. The lowest BCUT2D eigenvalue weighted by Crippen LogP contribution is -2.27. The van der Waals surface area contributed by atoms with Gasteiger partial charge >= 0.3 is 6.09 Å². The van der Waals surface area contributed by atoms with Crippen LogP contribution < -0.4 is 19.7 Å². The van der Waals surface area contributed by atoms with Crippen LogP contribution in [0.1, 0.15) is 13.8 Å². The summed E-state index contributed by atoms with van der Waals surface area (Å²) in [4.78, 5) is 25.3. The average molecular weight is 433 g/mol. The number of rotatable bonds is 8. The maximum Gasteiger partial charge on any atom is 0.414 e. The van der Waals surface area contributed by atoms with Gasteiger partial charge in [-0.3, -0.25) is 14.4 Å². The Morgan fingerprint density at radius 2 is 1.90 bits per heavy atom. The molecule has 1 heterocycles. The van der Waals surface area contributed by atoms with E-state index in [0.717, 1.165) is 0 Å². The van der Waals surface area contributed by atoms with Crippen molar-refractivity contribution >= 4 is 39.1 Å². The molecule has 1 saturated heterocycles. The van der Waals surface area contributed by atoms with Crippen molar-refractivity contribution in [2.24, 2.45) is 0 Å². The summed E-state index contributed by atoms with van der Waals surface area (Å²) in [5.41, 5.74) is 1.26. The van der Waals surface area contributed by atoms with Gasteiger partial charge in [0.25, 0.3) is 0 Å². The molecule has 30 heavy (non-hydrogen) atoms. The standard InChI is InChI=1S/C20H23N3O6S/c1-14(2)29-18-8-6-15(7-9-18)22-30(26,27)13-19(24)21-16-4-3-5-17(12-16)23-10-11-28-20(23)25/h3-9,12,14,22H,10-11,13H2,1-2H3,(H,21,24). The summed E-state index contributed by atoms with van der Waals surface area (Å²) in [6, 6.07) is 13.0. The van der Waals surface area contributed by atoms with Gasteiger partial charge in [-0.25, -0.2) is 13.2 Å². The SMILES string of the molecule is CC(C)Oc1ccc(NS(=O)(=O)CC(=O)Nc2cccc(N3CCOC3=O)c2)cc1. The van der Waals surface area contributed by atoms with Crippen molar-refractivity contribution in [3.63, 3.8) is 0 Å². The number of carbonyl (C=O) groups excluding carboxylic acids is 2. The Bertz CT molecular complexity index is 1020. The number of hydrogen-bond acceptors (Lipinski definition) is 6. The minimum atomic E-state index is -3.91. The van der Waals surface area contributed by atoms with Gasteiger partial charge in [0.05, 0.1) is 12.6 Å². The van der Waals surface area contributed by atoms with Crippen molar-refractivity contribution in [3.05, 3.63) is 48.5 Å². The first-order chi connectivity index (χ1) is 14.2. The summed E-state index contributed by atoms with van der Waals surface area (Å²) < 4.78 is 37.4. The zero-order valence-electron chi connectivity index (χ0n) is 16.6. The molecule has 0 saturated carbocycles. The molecule has 0 spiro atoms. The largest absolute Gasteiger partial charge is 0.491 e. The molecule has 1 aliphatic rings. The number of cyclic esters (lactones) is 1. The Hall–Kier alpha value is -3.27. The lowest BCUT2D eigenvalue weighted by atomic mass is 10.2. The molecule has 0 unspecified atom stereocenters. The highest BCUT2D eigenvalue weighted by molar-refractivity contribution is 7.93. The molecule has 0 radical (unpaired) electrons. The lowest BCUT2D eigenvalue weighted by Gasteiger charge is -2.14. The molecule has 2 N–H and O–H groups in total. The normalized spacial score (nSPS) is 13.8. The molecule has 10 heteroatoms. The van der Waals surface area contributed by atoms with E-state index in [1.807, 2.05) is 13.8 Å². The Kier molecular flexibility index (Phi) is 6.46. The van der Waals surface area contributed by atoms with Crippen LogP contribution in [0, 0.1) is 0 Å². The Morgan fingerprint density at radius 3 is 2.53 bits per heavy atom. The van der Waals surface area contributed by atoms with Crippen molar-refractivity contribution in [2.45, 2.75) is 20.0 Å². The molecule has 2 aromatic rings. The van der Waals surface area contributed by atoms with Crippen molar-refractivity contribution in [2.75, 3.05) is 33.8 Å². The zero-order valence-corrected chi connectivity index (χ0v) is 17.4. The Balaban J connectivity index is 1.59. The Labute approximate surface area is 175 Å². The quantitative estimate of drug-likeness (QED) is 0.662. The van der Waals surface area contributed by atoms with Gasteiger partial charge in [0, 0.05) is 17.1 Å². The van der Waals surface area contributed by atoms with Gasteiger partial charge in [0.15, 0.2) is 0 Å². The van der Waals surface area contributed by atoms with Gasteiger partial charge in [0.2, 0.25) is 15.9 Å². The summed E-state index contributed by atoms with van der Waals surface area (Å²) in [7, 11) is -3.91. The third-order valence-electron chi connectivity index (χ3n) is 4.02. The van der Waals surface area contributed by atoms with E-state index in [0.29, 0.717) is 36.0 Å². The number of benzene rings is 2. The topological polar surface area (TPSA) is 114 Å². The van der Waals surface area contributed by atoms with Crippen LogP contribution in [-0.2, 0) is 19.6 Å². The lowest BCUT2D eigenvalue weighted by molar-refractivity contribution is -0.113. The van der Waals surface area contributed by atoms with Crippen LogP contribution in [0.5, 0.6) is 5.75 Å². The molecule has 3 rings (SSSR count). The molecular weight excluding hydrogens is 410 g/mol. The maximum absolute atomic E-state index is 12.3. The van der Waals surface area contributed by atoms with Gasteiger partial charge in [-0.05, 0) is 56.3 Å². The van der Waals surface area contributed by atoms with E-state index in [9.17, 15) is 18.0 Å². The van der Waals surface area contributed by atoms with E-state index in [-0.39, 0.29) is 6.10 Å². The molecule has 1 aliphatic heterocycles. The minimum absolute atomic E-state index is 0.00542. The maximum atomic E-state index is 12.3. The molecule has 2 amide bonds. The number of nitrogens with zero attached hydrogens (tertiary/aromatic N) is 1. The summed E-state index contributed by atoms with van der Waals surface area (Å²) in [6.07, 6.45) is -0.457. The fourth-order valence-electron chi connectivity index (χ4n) is 2.84. The van der Waals surface area contributed by atoms with Gasteiger partial charge in [-0.1, -0.05) is 6.07 Å². The summed E-state index contributed by atoms with van der Waals surface area (Å²) in [5, 5.41) is 2.54. The smallest absolute Gasteiger partial charge is 0.414 e. The number of carbonyl (C=O) groups is 2. The number of nitrogens with one attached hydrogen (secondary N) is 2. The van der Waals surface area contributed by atoms with Gasteiger partial charge in [-0.15, -0.1) is 0 Å². The van der Waals surface area contributed by atoms with Crippen LogP contribution in [-0.4, -0.2) is 45.4 Å². The molecule has 160 valence electrons. The number of anilines is 3. The van der Waals surface area contributed by atoms with E-state index in [1.165, 1.54) is 4.90 Å². The second-order valence-corrected chi connectivity index (χ2v) is 8.64. The predicted octanol–water partition coefficient (Wildman–Crippen LogP) is 2.81. The van der Waals surface area contributed by atoms with E-state index in [2.05, 4.69) is 10.0 Å². The summed E-state index contributed by atoms with van der Waals surface area (Å²) in [5.74, 6) is -0.844. The number of ether oxygens (including phenoxy) is 2. The van der Waals surface area contributed by atoms with Gasteiger partial charge < -0.3 is 14.8 Å². The molecular formula is C20H23N3O6S. The first-order valence-electron chi connectivity index (χ1n) is 9.33. The third kappa shape index (κ3) is 5.86. The molecule has 2 aromatic carbocycles. The first kappa shape index (κ1) is 21.4. The van der Waals surface area contributed by atoms with Crippen molar-refractivity contribution in [1.29, 1.82) is 0 Å². The summed E-state index contributed by atoms with van der Waals surface area (Å²) in [6.45, 7) is 4.49. The zero-order chi connectivity index (χ0) is 21.7. The van der Waals surface area contributed by atoms with E-state index < -0.39 is 27.8 Å². The second kappa shape index (κ2) is 9.04. The molecule has 9 nitrogen and oxygen atoms in total. The predicted molar refractivity (Wildman–Crippen MR) is 113 cm³/mol. The van der Waals surface area contributed by atoms with Crippen LogP contribution in [0.25, 0.3) is 0 Å². The van der Waals surface area contributed by atoms with E-state index in [1.54, 1.807) is 48.5 Å². The molecule has 1 fully saturated rings. The number of sulfonamides is 1. The van der Waals surface area contributed by atoms with E-state index in [4.69, 9.17) is 9.47 Å². The van der Waals surface area contributed by atoms with Crippen LogP contribution in [0.15, 0.2) is 48.5 Å². The van der Waals surface area contributed by atoms with Gasteiger partial charge in [-0.2, -0.15) is 0 Å². The highest BCUT2D eigenvalue weighted by Gasteiger charge is 2.24. The number of hydrogen-bond donors (Lipinski definition) is 2. The van der Waals surface area contributed by atoms with Crippen LogP contribution in [0.2, 0.25) is 0 Å². The third-order valence-corrected chi connectivity index (χ3v) is 5.21. The van der Waals surface area contributed by atoms with E-state index >= 15 is 0 Å². The number of amides is 2. The van der Waals surface area contributed by atoms with Crippen molar-refractivity contribution < 1.29 is 27.5 Å². The fourth-order valence-corrected chi connectivity index (χ4v) is 3.82. The highest BCUT2D eigenvalue weighted by Crippen LogP contribution is 2.22. The van der Waals surface area contributed by atoms with Crippen LogP contribution in [0.3, 0.4) is 0 Å². The monoisotopic (exact) mass is 433 g/mol. The van der Waals surface area contributed by atoms with Crippen LogP contribution >= 0.6 is 0 Å². The first-order valence-corrected chi connectivity index (χ1v) is 11.0. The van der Waals surface area contributed by atoms with Crippen molar-refractivity contribution in [3.8, 4) is 5.75 Å². The minimum Gasteiger partial charge on any atom is -0.491 e. The fraction of sp³-hybridized carbons (Fsp3) is 0.300.